The Morgan fingerprint density at radius 3 is 1.31 bits per heavy atom. The molecule has 67 heavy (non-hydrogen) atoms. The lowest BCUT2D eigenvalue weighted by Gasteiger charge is -2.26. The lowest BCUT2D eigenvalue weighted by molar-refractivity contribution is 0.663. The summed E-state index contributed by atoms with van der Waals surface area (Å²) in [5, 5.41) is 6.36. The van der Waals surface area contributed by atoms with Gasteiger partial charge in [-0.15, -0.1) is 0 Å². The molecular weight excluding hydrogens is 813 g/mol. The van der Waals surface area contributed by atoms with Crippen molar-refractivity contribution in [3.8, 4) is 61.6 Å². The molecule has 1 aliphatic heterocycles. The molecule has 0 spiro atoms. The van der Waals surface area contributed by atoms with E-state index < -0.39 is 0 Å². The third-order valence-electron chi connectivity index (χ3n) is 12.8. The zero-order chi connectivity index (χ0) is 44.5. The van der Waals surface area contributed by atoms with Gasteiger partial charge in [-0.25, -0.2) is 4.98 Å². The van der Waals surface area contributed by atoms with E-state index in [9.17, 15) is 0 Å². The van der Waals surface area contributed by atoms with E-state index in [0.29, 0.717) is 0 Å². The Balaban J connectivity index is 1.01. The Morgan fingerprint density at radius 1 is 0.358 bits per heavy atom. The van der Waals surface area contributed by atoms with E-state index in [1.807, 2.05) is 0 Å². The van der Waals surface area contributed by atoms with Crippen molar-refractivity contribution in [2.24, 2.45) is 4.99 Å². The molecule has 0 amide bonds. The van der Waals surface area contributed by atoms with Gasteiger partial charge >= 0.3 is 0 Å². The molecule has 9 aromatic carbocycles. The number of nitrogens with one attached hydrogen (secondary N) is 1. The smallest absolute Gasteiger partial charge is 0.145 e. The van der Waals surface area contributed by atoms with Gasteiger partial charge in [-0.05, 0) is 63.7 Å². The number of para-hydroxylation sites is 2. The molecule has 2 aromatic heterocycles. The van der Waals surface area contributed by atoms with Crippen molar-refractivity contribution in [2.75, 3.05) is 0 Å². The highest BCUT2D eigenvalue weighted by Gasteiger charge is 2.26. The first-order valence-corrected chi connectivity index (χ1v) is 22.9. The van der Waals surface area contributed by atoms with Crippen LogP contribution in [0.4, 0.5) is 0 Å². The average Bonchev–Trinajstić information content (AvgIpc) is 3.76. The number of rotatable bonds is 9. The molecular formula is C63H44N4. The molecule has 1 N–H and O–H groups in total. The summed E-state index contributed by atoms with van der Waals surface area (Å²) < 4.78 is 2.37. The second-order valence-electron chi connectivity index (χ2n) is 16.9. The minimum Gasteiger partial charge on any atom is -0.360 e. The number of fused-ring (bicyclic) bond motifs is 3. The van der Waals surface area contributed by atoms with Crippen LogP contribution >= 0.6 is 0 Å². The molecule has 0 fully saturated rings. The summed E-state index contributed by atoms with van der Waals surface area (Å²) in [5.41, 5.74) is 19.2. The van der Waals surface area contributed by atoms with E-state index in [1.54, 1.807) is 0 Å². The first-order chi connectivity index (χ1) is 33.2. The van der Waals surface area contributed by atoms with Crippen LogP contribution in [0.3, 0.4) is 0 Å². The fourth-order valence-electron chi connectivity index (χ4n) is 9.73. The van der Waals surface area contributed by atoms with E-state index in [4.69, 9.17) is 9.98 Å². The number of aromatic nitrogens is 2. The predicted octanol–water partition coefficient (Wildman–Crippen LogP) is 15.6. The number of benzene rings is 9. The van der Waals surface area contributed by atoms with Crippen LogP contribution in [0.1, 0.15) is 22.9 Å². The molecule has 0 saturated carbocycles. The number of hydrogen-bond donors (Lipinski definition) is 1. The molecule has 0 radical (unpaired) electrons. The normalized spacial score (nSPS) is 13.5. The third kappa shape index (κ3) is 7.41. The van der Waals surface area contributed by atoms with Crippen LogP contribution in [0.25, 0.3) is 89.1 Å². The largest absolute Gasteiger partial charge is 0.360 e. The first-order valence-electron chi connectivity index (χ1n) is 22.9. The fourth-order valence-corrected chi connectivity index (χ4v) is 9.73. The number of allylic oxidation sites excluding steroid dienone is 1. The molecule has 1 atom stereocenters. The zero-order valence-corrected chi connectivity index (χ0v) is 36.7. The van der Waals surface area contributed by atoms with Gasteiger partial charge < -0.3 is 9.88 Å². The van der Waals surface area contributed by atoms with Crippen molar-refractivity contribution in [3.63, 3.8) is 0 Å². The molecule has 1 aliphatic rings. The Kier molecular flexibility index (Phi) is 10.2. The molecule has 0 saturated heterocycles. The van der Waals surface area contributed by atoms with Crippen molar-refractivity contribution in [1.29, 1.82) is 0 Å². The van der Waals surface area contributed by atoms with Crippen LogP contribution in [0.2, 0.25) is 0 Å². The van der Waals surface area contributed by atoms with Gasteiger partial charge in [-0.2, -0.15) is 0 Å². The van der Waals surface area contributed by atoms with E-state index in [1.165, 1.54) is 21.8 Å². The maximum Gasteiger partial charge on any atom is 0.145 e. The molecule has 4 nitrogen and oxygen atoms in total. The van der Waals surface area contributed by atoms with E-state index in [-0.39, 0.29) is 6.17 Å². The number of hydrogen-bond acceptors (Lipinski definition) is 3. The van der Waals surface area contributed by atoms with E-state index in [2.05, 4.69) is 265 Å². The second-order valence-corrected chi connectivity index (χ2v) is 16.9. The lowest BCUT2D eigenvalue weighted by Crippen LogP contribution is -2.25. The van der Waals surface area contributed by atoms with Crippen LogP contribution < -0.4 is 5.32 Å². The molecule has 0 bridgehead atoms. The average molecular weight is 857 g/mol. The predicted molar refractivity (Wildman–Crippen MR) is 279 cm³/mol. The highest BCUT2D eigenvalue weighted by molar-refractivity contribution is 6.13. The SMILES string of the molecule is C1=C(c2ccc(-c3c(-c4ccccc4)c(-c4ccccc4)nc(-c4ccccc4)c3-c3ccccc3)cc2)NC(c2cccc(-n3c4ccccc4c4ccccc43)c2)N=C1c1ccccc1. The van der Waals surface area contributed by atoms with Gasteiger partial charge in [-0.3, -0.25) is 4.99 Å². The maximum atomic E-state index is 5.64. The second kappa shape index (κ2) is 17.3. The first kappa shape index (κ1) is 39.7. The Bertz CT molecular complexity index is 3460. The minimum absolute atomic E-state index is 0.334. The number of pyridine rings is 1. The van der Waals surface area contributed by atoms with Gasteiger partial charge in [0, 0.05) is 50.0 Å². The summed E-state index contributed by atoms with van der Waals surface area (Å²) >= 11 is 0. The molecule has 12 rings (SSSR count). The lowest BCUT2D eigenvalue weighted by atomic mass is 9.83. The van der Waals surface area contributed by atoms with Crippen LogP contribution in [0.15, 0.2) is 260 Å². The van der Waals surface area contributed by atoms with Crippen molar-refractivity contribution in [2.45, 2.75) is 6.17 Å². The molecule has 0 aliphatic carbocycles. The van der Waals surface area contributed by atoms with Crippen molar-refractivity contribution < 1.29 is 0 Å². The van der Waals surface area contributed by atoms with Gasteiger partial charge in [0.1, 0.15) is 6.17 Å². The monoisotopic (exact) mass is 856 g/mol. The Hall–Kier alpha value is -8.86. The van der Waals surface area contributed by atoms with Crippen LogP contribution in [-0.4, -0.2) is 15.3 Å². The standard InChI is InChI=1S/C63H44N4/c1-6-21-43(22-7-1)54-42-55(65-63(64-54)50-31-20-32-51(41-50)67-56-35-18-16-33-52(56)53-34-17-19-36-57(53)67)44-37-39-47(40-38-44)58-59(45-23-8-2-9-24-45)61(48-27-12-4-13-28-48)66-62(49-29-14-5-15-30-49)60(58)46-25-10-3-11-26-46/h1-42,63,65H. The summed E-state index contributed by atoms with van der Waals surface area (Å²) in [6.07, 6.45) is 1.86. The van der Waals surface area contributed by atoms with Crippen LogP contribution in [-0.2, 0) is 0 Å². The molecule has 11 aromatic rings. The summed E-state index contributed by atoms with van der Waals surface area (Å²) in [7, 11) is 0. The van der Waals surface area contributed by atoms with E-state index >= 15 is 0 Å². The highest BCUT2D eigenvalue weighted by atomic mass is 15.1. The molecule has 4 heteroatoms. The summed E-state index contributed by atoms with van der Waals surface area (Å²) in [6, 6.07) is 88.3. The van der Waals surface area contributed by atoms with Crippen LogP contribution in [0.5, 0.6) is 0 Å². The minimum atomic E-state index is -0.334. The van der Waals surface area contributed by atoms with Crippen molar-refractivity contribution >= 4 is 33.2 Å². The number of nitrogens with zero attached hydrogens (tertiary/aromatic N) is 3. The van der Waals surface area contributed by atoms with Crippen molar-refractivity contribution in [1.82, 2.24) is 14.9 Å². The quantitative estimate of drug-likeness (QED) is 0.157. The topological polar surface area (TPSA) is 42.2 Å². The highest BCUT2D eigenvalue weighted by Crippen LogP contribution is 2.49. The molecule has 3 heterocycles. The van der Waals surface area contributed by atoms with E-state index in [0.717, 1.165) is 89.7 Å². The Morgan fingerprint density at radius 2 is 0.791 bits per heavy atom. The summed E-state index contributed by atoms with van der Waals surface area (Å²) in [5.74, 6) is 0. The maximum absolute atomic E-state index is 5.64. The summed E-state index contributed by atoms with van der Waals surface area (Å²) in [4.78, 5) is 11.0. The van der Waals surface area contributed by atoms with Gasteiger partial charge in [0.15, 0.2) is 0 Å². The fraction of sp³-hybridized carbons (Fsp3) is 0.0159. The van der Waals surface area contributed by atoms with Gasteiger partial charge in [-0.1, -0.05) is 224 Å². The zero-order valence-electron chi connectivity index (χ0n) is 36.7. The van der Waals surface area contributed by atoms with Crippen LogP contribution in [0, 0.1) is 0 Å². The number of aliphatic imine (C=N–C) groups is 1. The molecule has 1 unspecified atom stereocenters. The third-order valence-corrected chi connectivity index (χ3v) is 12.8. The van der Waals surface area contributed by atoms with Gasteiger partial charge in [0.25, 0.3) is 0 Å². The molecule has 316 valence electrons. The summed E-state index contributed by atoms with van der Waals surface area (Å²) in [6.45, 7) is 0. The van der Waals surface area contributed by atoms with Gasteiger partial charge in [0.05, 0.1) is 28.1 Å². The van der Waals surface area contributed by atoms with Gasteiger partial charge in [0.2, 0.25) is 0 Å². The Labute approximate surface area is 390 Å². The van der Waals surface area contributed by atoms with Crippen molar-refractivity contribution in [3.05, 3.63) is 271 Å².